The molecular weight excluding hydrogens is 613 g/mol. The molecule has 3 aliphatic rings. The van der Waals surface area contributed by atoms with Gasteiger partial charge >= 0.3 is 12.1 Å². The number of hydrogen-bond donors (Lipinski definition) is 0. The average Bonchev–Trinajstić information content (AvgIpc) is 3.69. The van der Waals surface area contributed by atoms with E-state index in [-0.39, 0.29) is 36.4 Å². The molecule has 0 saturated carbocycles. The van der Waals surface area contributed by atoms with Gasteiger partial charge < -0.3 is 28.7 Å². The van der Waals surface area contributed by atoms with E-state index >= 15 is 4.39 Å². The first-order chi connectivity index (χ1) is 21.9. The van der Waals surface area contributed by atoms with Crippen molar-refractivity contribution in [1.29, 1.82) is 0 Å². The molecule has 0 bridgehead atoms. The minimum atomic E-state index is -1.07. The number of amides is 2. The molecule has 10 nitrogen and oxygen atoms in total. The molecule has 12 heteroatoms. The molecule has 46 heavy (non-hydrogen) atoms. The molecule has 3 aliphatic heterocycles. The third-order valence-electron chi connectivity index (χ3n) is 8.76. The number of anilines is 1. The normalized spacial score (nSPS) is 18.5. The number of imidazole rings is 1. The molecule has 0 spiro atoms. The minimum Gasteiger partial charge on any atom is -0.464 e. The number of halogens is 2. The Morgan fingerprint density at radius 3 is 2.61 bits per heavy atom. The third-order valence-corrected chi connectivity index (χ3v) is 9.07. The van der Waals surface area contributed by atoms with Gasteiger partial charge in [0.2, 0.25) is 0 Å². The Hall–Kier alpha value is -4.12. The number of carbonyl (C=O) groups excluding carboxylic acids is 3. The van der Waals surface area contributed by atoms with E-state index in [2.05, 4.69) is 9.88 Å². The topological polar surface area (TPSA) is 97.2 Å². The molecule has 0 aliphatic carbocycles. The van der Waals surface area contributed by atoms with Gasteiger partial charge in [-0.15, -0.1) is 0 Å². The van der Waals surface area contributed by atoms with Gasteiger partial charge in [0.25, 0.3) is 5.91 Å². The summed E-state index contributed by atoms with van der Waals surface area (Å²) in [6.07, 6.45) is 3.02. The van der Waals surface area contributed by atoms with Crippen LogP contribution in [0, 0.1) is 5.82 Å². The number of carbonyl (C=O) groups is 3. The second kappa shape index (κ2) is 12.2. The fraction of sp³-hybridized carbons (Fsp3) is 0.471. The van der Waals surface area contributed by atoms with Crippen LogP contribution >= 0.6 is 11.6 Å². The zero-order valence-electron chi connectivity index (χ0n) is 26.8. The number of ether oxygens (including phenoxy) is 2. The summed E-state index contributed by atoms with van der Waals surface area (Å²) in [5.74, 6) is -1.57. The van der Waals surface area contributed by atoms with E-state index in [0.717, 1.165) is 30.8 Å². The average molecular weight is 652 g/mol. The van der Waals surface area contributed by atoms with Crippen LogP contribution in [0.1, 0.15) is 74.4 Å². The number of fused-ring (bicyclic) bond motifs is 2. The number of aryl methyl sites for hydroxylation is 1. The van der Waals surface area contributed by atoms with Crippen molar-refractivity contribution in [2.75, 3.05) is 31.1 Å². The van der Waals surface area contributed by atoms with Gasteiger partial charge in [0.15, 0.2) is 6.04 Å². The molecule has 6 rings (SSSR count). The summed E-state index contributed by atoms with van der Waals surface area (Å²) in [6.45, 7) is 11.7. The Morgan fingerprint density at radius 1 is 1.13 bits per heavy atom. The number of esters is 1. The maximum absolute atomic E-state index is 15.7. The van der Waals surface area contributed by atoms with E-state index in [1.807, 2.05) is 44.4 Å². The quantitative estimate of drug-likeness (QED) is 0.302. The zero-order chi connectivity index (χ0) is 32.9. The molecule has 2 aromatic carbocycles. The van der Waals surface area contributed by atoms with Crippen LogP contribution in [0.25, 0.3) is 11.1 Å². The van der Waals surface area contributed by atoms with Gasteiger partial charge in [-0.1, -0.05) is 17.7 Å². The van der Waals surface area contributed by atoms with Crippen molar-refractivity contribution in [1.82, 2.24) is 19.4 Å². The summed E-state index contributed by atoms with van der Waals surface area (Å²) in [5, 5.41) is 0.472. The first-order valence-corrected chi connectivity index (χ1v) is 16.1. The Balaban J connectivity index is 1.23. The molecule has 2 atom stereocenters. The molecule has 1 aromatic heterocycles. The van der Waals surface area contributed by atoms with Gasteiger partial charge in [-0.2, -0.15) is 0 Å². The molecular formula is C34H39ClFN5O5. The lowest BCUT2D eigenvalue weighted by Crippen LogP contribution is -2.55. The lowest BCUT2D eigenvalue weighted by atomic mass is 9.99. The van der Waals surface area contributed by atoms with Crippen molar-refractivity contribution in [3.05, 3.63) is 70.0 Å². The van der Waals surface area contributed by atoms with E-state index in [0.29, 0.717) is 41.5 Å². The van der Waals surface area contributed by atoms with Crippen molar-refractivity contribution >= 4 is 35.3 Å². The molecule has 1 saturated heterocycles. The number of rotatable bonds is 6. The van der Waals surface area contributed by atoms with Gasteiger partial charge in [0.1, 0.15) is 11.4 Å². The van der Waals surface area contributed by atoms with Gasteiger partial charge in [-0.25, -0.2) is 19.0 Å². The summed E-state index contributed by atoms with van der Waals surface area (Å²) in [7, 11) is 0. The lowest BCUT2D eigenvalue weighted by Gasteiger charge is -2.41. The zero-order valence-corrected chi connectivity index (χ0v) is 27.6. The lowest BCUT2D eigenvalue weighted by molar-refractivity contribution is -0.149. The van der Waals surface area contributed by atoms with Gasteiger partial charge in [0.05, 0.1) is 35.9 Å². The van der Waals surface area contributed by atoms with Crippen LogP contribution in [0.15, 0.2) is 36.7 Å². The number of nitrogens with zero attached hydrogens (tertiary/aromatic N) is 5. The van der Waals surface area contributed by atoms with E-state index in [1.165, 1.54) is 11.0 Å². The summed E-state index contributed by atoms with van der Waals surface area (Å²) in [6, 6.07) is 7.38. The largest absolute Gasteiger partial charge is 0.464 e. The second-order valence-corrected chi connectivity index (χ2v) is 13.5. The van der Waals surface area contributed by atoms with E-state index in [1.54, 1.807) is 30.3 Å². The van der Waals surface area contributed by atoms with Crippen LogP contribution in [-0.4, -0.2) is 75.2 Å². The molecule has 3 aromatic rings. The van der Waals surface area contributed by atoms with E-state index in [9.17, 15) is 14.4 Å². The number of aromatic nitrogens is 2. The molecule has 2 amide bonds. The smallest absolute Gasteiger partial charge is 0.410 e. The van der Waals surface area contributed by atoms with Gasteiger partial charge in [-0.05, 0) is 82.9 Å². The fourth-order valence-electron chi connectivity index (χ4n) is 6.61. The van der Waals surface area contributed by atoms with Crippen molar-refractivity contribution in [2.45, 2.75) is 78.2 Å². The molecule has 1 unspecified atom stereocenters. The Labute approximate surface area is 273 Å². The van der Waals surface area contributed by atoms with Crippen LogP contribution in [-0.2, 0) is 33.8 Å². The van der Waals surface area contributed by atoms with Crippen LogP contribution in [0.3, 0.4) is 0 Å². The molecule has 0 N–H and O–H groups in total. The maximum atomic E-state index is 15.7. The Bertz CT molecular complexity index is 1700. The van der Waals surface area contributed by atoms with Crippen molar-refractivity contribution in [2.24, 2.45) is 0 Å². The van der Waals surface area contributed by atoms with Crippen LogP contribution in [0.5, 0.6) is 0 Å². The van der Waals surface area contributed by atoms with Crippen LogP contribution < -0.4 is 4.90 Å². The molecule has 244 valence electrons. The summed E-state index contributed by atoms with van der Waals surface area (Å²) in [4.78, 5) is 49.4. The van der Waals surface area contributed by atoms with Crippen LogP contribution in [0.4, 0.5) is 14.9 Å². The highest BCUT2D eigenvalue weighted by atomic mass is 35.5. The van der Waals surface area contributed by atoms with Crippen molar-refractivity contribution < 1.29 is 28.2 Å². The summed E-state index contributed by atoms with van der Waals surface area (Å²) in [5.41, 5.74) is 3.20. The maximum Gasteiger partial charge on any atom is 0.410 e. The predicted molar refractivity (Wildman–Crippen MR) is 171 cm³/mol. The Morgan fingerprint density at radius 2 is 1.91 bits per heavy atom. The number of benzene rings is 2. The predicted octanol–water partition coefficient (Wildman–Crippen LogP) is 5.99. The highest BCUT2D eigenvalue weighted by Gasteiger charge is 2.42. The fourth-order valence-corrected chi connectivity index (χ4v) is 6.91. The van der Waals surface area contributed by atoms with Gasteiger partial charge in [0, 0.05) is 49.0 Å². The minimum absolute atomic E-state index is 0.0663. The van der Waals surface area contributed by atoms with Gasteiger partial charge in [-0.3, -0.25) is 4.79 Å². The highest BCUT2D eigenvalue weighted by Crippen LogP contribution is 2.39. The summed E-state index contributed by atoms with van der Waals surface area (Å²) >= 11 is 6.79. The monoisotopic (exact) mass is 651 g/mol. The second-order valence-electron chi connectivity index (χ2n) is 13.1. The van der Waals surface area contributed by atoms with Crippen molar-refractivity contribution in [3.63, 3.8) is 0 Å². The molecule has 1 fully saturated rings. The van der Waals surface area contributed by atoms with E-state index < -0.39 is 29.3 Å². The first kappa shape index (κ1) is 31.8. The van der Waals surface area contributed by atoms with Crippen LogP contribution in [0.2, 0.25) is 5.02 Å². The number of hydrogen-bond acceptors (Lipinski definition) is 7. The highest BCUT2D eigenvalue weighted by molar-refractivity contribution is 6.33. The third kappa shape index (κ3) is 5.92. The molecule has 0 radical (unpaired) electrons. The van der Waals surface area contributed by atoms with E-state index in [4.69, 9.17) is 21.1 Å². The molecule has 4 heterocycles. The standard InChI is InChI=1S/C34H39ClFN5O5/c1-6-45-32(43)30(29-28-8-7-11-39(28)19-37-29)41-18-24-23(31(41)42)14-22(16-26(24)36)21-9-10-27(25(35)15-21)38-12-13-40(20(2)17-38)33(44)46-34(3,4)5/h9-10,14-16,19-20,30H,6-8,11-13,17-18H2,1-5H3/t20?,30-/m0/s1. The summed E-state index contributed by atoms with van der Waals surface area (Å²) < 4.78 is 28.6. The number of piperazine rings is 1. The SMILES string of the molecule is CCOC(=O)[C@H](c1ncn2c1CCC2)N1Cc2c(F)cc(-c3ccc(N4CCN(C(=O)OC(C)(C)C)C(C)C4)c(Cl)c3)cc2C1=O. The first-order valence-electron chi connectivity index (χ1n) is 15.7. The van der Waals surface area contributed by atoms with Crippen molar-refractivity contribution in [3.8, 4) is 11.1 Å². The Kier molecular flexibility index (Phi) is 8.47.